The fourth-order valence-corrected chi connectivity index (χ4v) is 3.44. The number of nitrogens with one attached hydrogen (secondary N) is 1. The van der Waals surface area contributed by atoms with Gasteiger partial charge in [0.05, 0.1) is 17.9 Å². The number of hydrogen-bond acceptors (Lipinski definition) is 6. The average Bonchev–Trinajstić information content (AvgIpc) is 3.04. The van der Waals surface area contributed by atoms with Crippen LogP contribution in [0.3, 0.4) is 0 Å². The highest BCUT2D eigenvalue weighted by Gasteiger charge is 2.14. The number of aromatic nitrogens is 3. The summed E-state index contributed by atoms with van der Waals surface area (Å²) in [5.74, 6) is -0.564. The van der Waals surface area contributed by atoms with Crippen LogP contribution in [-0.2, 0) is 14.3 Å². The van der Waals surface area contributed by atoms with Crippen molar-refractivity contribution in [2.45, 2.75) is 25.9 Å². The standard InChI is InChI=1S/C18H20N4O3S/c1-4-25-16(24)9-19-15(23)10-26-18-21-20-17-12(3)8-13-6-5-11(2)7-14(13)22(17)18/h5-8H,4,9-10H2,1-3H3,(H,19,23). The van der Waals surface area contributed by atoms with Crippen molar-refractivity contribution < 1.29 is 14.3 Å². The Morgan fingerprint density at radius 2 is 2.04 bits per heavy atom. The van der Waals surface area contributed by atoms with Crippen LogP contribution in [0.2, 0.25) is 0 Å². The van der Waals surface area contributed by atoms with Crippen LogP contribution in [0.5, 0.6) is 0 Å². The number of ether oxygens (including phenoxy) is 1. The maximum absolute atomic E-state index is 12.0. The van der Waals surface area contributed by atoms with E-state index in [1.807, 2.05) is 18.2 Å². The number of fused-ring (bicyclic) bond motifs is 3. The number of esters is 1. The number of thioether (sulfide) groups is 1. The summed E-state index contributed by atoms with van der Waals surface area (Å²) in [6.07, 6.45) is 0. The molecule has 2 aromatic heterocycles. The molecule has 0 aliphatic carbocycles. The van der Waals surface area contributed by atoms with Crippen LogP contribution < -0.4 is 5.32 Å². The molecule has 0 saturated carbocycles. The van der Waals surface area contributed by atoms with Crippen LogP contribution >= 0.6 is 11.8 Å². The third-order valence-corrected chi connectivity index (χ3v) is 4.78. The van der Waals surface area contributed by atoms with Crippen LogP contribution in [0, 0.1) is 13.8 Å². The van der Waals surface area contributed by atoms with Gasteiger partial charge in [0.1, 0.15) is 6.54 Å². The lowest BCUT2D eigenvalue weighted by Gasteiger charge is -2.08. The molecule has 7 nitrogen and oxygen atoms in total. The smallest absolute Gasteiger partial charge is 0.325 e. The van der Waals surface area contributed by atoms with E-state index in [1.165, 1.54) is 11.8 Å². The van der Waals surface area contributed by atoms with E-state index in [4.69, 9.17) is 4.74 Å². The molecular formula is C18H20N4O3S. The molecule has 1 aromatic carbocycles. The topological polar surface area (TPSA) is 85.6 Å². The van der Waals surface area contributed by atoms with Gasteiger partial charge in [-0.25, -0.2) is 0 Å². The van der Waals surface area contributed by atoms with Gasteiger partial charge in [-0.3, -0.25) is 14.0 Å². The van der Waals surface area contributed by atoms with Gasteiger partial charge in [-0.05, 0) is 49.4 Å². The van der Waals surface area contributed by atoms with E-state index in [0.717, 1.165) is 27.7 Å². The largest absolute Gasteiger partial charge is 0.465 e. The summed E-state index contributed by atoms with van der Waals surface area (Å²) in [6, 6.07) is 8.29. The van der Waals surface area contributed by atoms with Gasteiger partial charge in [0.15, 0.2) is 10.8 Å². The third kappa shape index (κ3) is 3.80. The van der Waals surface area contributed by atoms with Crippen molar-refractivity contribution in [3.8, 4) is 0 Å². The predicted molar refractivity (Wildman–Crippen MR) is 100 cm³/mol. The van der Waals surface area contributed by atoms with E-state index in [-0.39, 0.29) is 18.2 Å². The van der Waals surface area contributed by atoms with Crippen LogP contribution in [0.25, 0.3) is 16.6 Å². The lowest BCUT2D eigenvalue weighted by atomic mass is 10.1. The quantitative estimate of drug-likeness (QED) is 0.528. The van der Waals surface area contributed by atoms with Crippen LogP contribution in [0.15, 0.2) is 29.4 Å². The molecule has 0 aliphatic rings. The summed E-state index contributed by atoms with van der Waals surface area (Å²) in [5, 5.41) is 12.8. The molecule has 0 saturated heterocycles. The molecule has 1 amide bonds. The number of benzene rings is 1. The highest BCUT2D eigenvalue weighted by molar-refractivity contribution is 7.99. The zero-order chi connectivity index (χ0) is 18.7. The Bertz CT molecular complexity index is 983. The molecule has 0 fully saturated rings. The zero-order valence-corrected chi connectivity index (χ0v) is 15.7. The van der Waals surface area contributed by atoms with E-state index >= 15 is 0 Å². The van der Waals surface area contributed by atoms with Crippen molar-refractivity contribution in [1.82, 2.24) is 19.9 Å². The van der Waals surface area contributed by atoms with Crippen molar-refractivity contribution in [3.05, 3.63) is 35.4 Å². The Morgan fingerprint density at radius 1 is 1.23 bits per heavy atom. The summed E-state index contributed by atoms with van der Waals surface area (Å²) < 4.78 is 6.76. The monoisotopic (exact) mass is 372 g/mol. The second-order valence-electron chi connectivity index (χ2n) is 5.90. The van der Waals surface area contributed by atoms with Gasteiger partial charge in [-0.15, -0.1) is 10.2 Å². The number of rotatable bonds is 6. The number of carbonyl (C=O) groups excluding carboxylic acids is 2. The third-order valence-electron chi connectivity index (χ3n) is 3.85. The van der Waals surface area contributed by atoms with Crippen LogP contribution in [-0.4, -0.2) is 45.4 Å². The molecule has 2 heterocycles. The highest BCUT2D eigenvalue weighted by Crippen LogP contribution is 2.26. The maximum atomic E-state index is 12.0. The molecule has 26 heavy (non-hydrogen) atoms. The van der Waals surface area contributed by atoms with E-state index in [2.05, 4.69) is 39.8 Å². The van der Waals surface area contributed by atoms with E-state index < -0.39 is 5.97 Å². The molecule has 136 valence electrons. The molecule has 0 aliphatic heterocycles. The van der Waals surface area contributed by atoms with Crippen molar-refractivity contribution in [2.75, 3.05) is 18.9 Å². The minimum absolute atomic E-state index is 0.130. The molecule has 0 atom stereocenters. The summed E-state index contributed by atoms with van der Waals surface area (Å²) >= 11 is 1.28. The van der Waals surface area contributed by atoms with Gasteiger partial charge in [0.2, 0.25) is 5.91 Å². The first-order valence-electron chi connectivity index (χ1n) is 8.30. The maximum Gasteiger partial charge on any atom is 0.325 e. The Kier molecular flexibility index (Phi) is 5.41. The lowest BCUT2D eigenvalue weighted by Crippen LogP contribution is -2.31. The Labute approximate surface area is 155 Å². The molecular weight excluding hydrogens is 352 g/mol. The molecule has 0 bridgehead atoms. The number of nitrogens with zero attached hydrogens (tertiary/aromatic N) is 3. The Balaban J connectivity index is 1.80. The van der Waals surface area contributed by atoms with Gasteiger partial charge in [0, 0.05) is 0 Å². The SMILES string of the molecule is CCOC(=O)CNC(=O)CSc1nnc2c(C)cc3ccc(C)cc3n12. The fraction of sp³-hybridized carbons (Fsp3) is 0.333. The van der Waals surface area contributed by atoms with E-state index in [1.54, 1.807) is 6.92 Å². The first-order valence-corrected chi connectivity index (χ1v) is 9.28. The van der Waals surface area contributed by atoms with Crippen molar-refractivity contribution >= 4 is 40.2 Å². The molecule has 0 unspecified atom stereocenters. The van der Waals surface area contributed by atoms with Gasteiger partial charge >= 0.3 is 5.97 Å². The van der Waals surface area contributed by atoms with E-state index in [0.29, 0.717) is 11.8 Å². The summed E-state index contributed by atoms with van der Waals surface area (Å²) in [6.45, 7) is 5.91. The van der Waals surface area contributed by atoms with Gasteiger partial charge < -0.3 is 10.1 Å². The molecule has 0 radical (unpaired) electrons. The lowest BCUT2D eigenvalue weighted by molar-refractivity contribution is -0.143. The number of hydrogen-bond donors (Lipinski definition) is 1. The van der Waals surface area contributed by atoms with Crippen molar-refractivity contribution in [3.63, 3.8) is 0 Å². The van der Waals surface area contributed by atoms with Gasteiger partial charge in [-0.1, -0.05) is 23.9 Å². The second kappa shape index (κ2) is 7.74. The van der Waals surface area contributed by atoms with Crippen molar-refractivity contribution in [1.29, 1.82) is 0 Å². The zero-order valence-electron chi connectivity index (χ0n) is 14.9. The molecule has 0 spiro atoms. The minimum atomic E-state index is -0.448. The highest BCUT2D eigenvalue weighted by atomic mass is 32.2. The number of amides is 1. The molecule has 3 aromatic rings. The Morgan fingerprint density at radius 3 is 2.81 bits per heavy atom. The Hall–Kier alpha value is -2.61. The second-order valence-corrected chi connectivity index (χ2v) is 6.84. The molecule has 8 heteroatoms. The first-order chi connectivity index (χ1) is 12.5. The number of carbonyl (C=O) groups is 2. The van der Waals surface area contributed by atoms with Crippen LogP contribution in [0.4, 0.5) is 0 Å². The summed E-state index contributed by atoms with van der Waals surface area (Å²) in [5.41, 5.74) is 3.94. The molecule has 1 N–H and O–H groups in total. The summed E-state index contributed by atoms with van der Waals surface area (Å²) in [4.78, 5) is 23.3. The average molecular weight is 372 g/mol. The van der Waals surface area contributed by atoms with Gasteiger partial charge in [-0.2, -0.15) is 0 Å². The van der Waals surface area contributed by atoms with E-state index in [9.17, 15) is 9.59 Å². The minimum Gasteiger partial charge on any atom is -0.465 e. The fourth-order valence-electron chi connectivity index (χ4n) is 2.67. The van der Waals surface area contributed by atoms with Crippen molar-refractivity contribution in [2.24, 2.45) is 0 Å². The predicted octanol–water partition coefficient (Wildman–Crippen LogP) is 2.27. The van der Waals surface area contributed by atoms with Gasteiger partial charge in [0.25, 0.3) is 0 Å². The normalized spacial score (nSPS) is 11.0. The summed E-state index contributed by atoms with van der Waals surface area (Å²) in [7, 11) is 0. The van der Waals surface area contributed by atoms with Crippen LogP contribution in [0.1, 0.15) is 18.1 Å². The number of pyridine rings is 1. The molecule has 3 rings (SSSR count). The first kappa shape index (κ1) is 18.2. The number of aryl methyl sites for hydroxylation is 2.